The number of amides is 2. The Hall–Kier alpha value is -2.76. The molecule has 6 heteroatoms. The highest BCUT2D eigenvalue weighted by molar-refractivity contribution is 6.02. The topological polar surface area (TPSA) is 74.6 Å². The van der Waals surface area contributed by atoms with Gasteiger partial charge in [0.15, 0.2) is 0 Å². The first-order valence-electron chi connectivity index (χ1n) is 11.1. The summed E-state index contributed by atoms with van der Waals surface area (Å²) in [5, 5.41) is 5.90. The second kappa shape index (κ2) is 12.7. The summed E-state index contributed by atoms with van der Waals surface area (Å²) in [6.45, 7) is 8.24. The van der Waals surface area contributed by atoms with Crippen LogP contribution in [0.2, 0.25) is 0 Å². The first kappa shape index (κ1) is 23.5. The molecule has 0 spiro atoms. The number of carbonyl (C=O) groups is 2. The van der Waals surface area contributed by atoms with Crippen molar-refractivity contribution in [1.29, 1.82) is 0 Å². The van der Waals surface area contributed by atoms with Crippen LogP contribution in [0.5, 0.6) is 0 Å². The summed E-state index contributed by atoms with van der Waals surface area (Å²) in [5.41, 5.74) is 2.06. The van der Waals surface area contributed by atoms with Gasteiger partial charge in [-0.25, -0.2) is 0 Å². The maximum atomic E-state index is 12.9. The molecule has 0 aliphatic rings. The summed E-state index contributed by atoms with van der Waals surface area (Å²) in [6.07, 6.45) is 6.88. The van der Waals surface area contributed by atoms with Crippen molar-refractivity contribution in [3.63, 3.8) is 0 Å². The number of carbonyl (C=O) groups excluding carboxylic acids is 2. The number of unbranched alkanes of at least 4 members (excludes halogenated alkanes) is 2. The van der Waals surface area contributed by atoms with Gasteiger partial charge in [0, 0.05) is 25.2 Å². The molecule has 0 aliphatic heterocycles. The lowest BCUT2D eigenvalue weighted by molar-refractivity contribution is -0.116. The molecule has 0 bridgehead atoms. The van der Waals surface area contributed by atoms with Crippen LogP contribution in [0.4, 0.5) is 11.4 Å². The maximum Gasteiger partial charge on any atom is 0.253 e. The SMILES string of the molecule is CCCCC(=O)Nc1ccc(N(CCCC)Cc2ccco2)c(C(=O)NCCC)c1. The Morgan fingerprint density at radius 1 is 1.03 bits per heavy atom. The molecule has 0 fully saturated rings. The molecule has 0 unspecified atom stereocenters. The van der Waals surface area contributed by atoms with Crippen LogP contribution in [0.15, 0.2) is 41.0 Å². The first-order valence-corrected chi connectivity index (χ1v) is 11.1. The van der Waals surface area contributed by atoms with Gasteiger partial charge in [-0.2, -0.15) is 0 Å². The summed E-state index contributed by atoms with van der Waals surface area (Å²) in [7, 11) is 0. The Bertz CT molecular complexity index is 787. The summed E-state index contributed by atoms with van der Waals surface area (Å²) in [6, 6.07) is 9.40. The fourth-order valence-corrected chi connectivity index (χ4v) is 3.19. The number of benzene rings is 1. The van der Waals surface area contributed by atoms with E-state index in [4.69, 9.17) is 4.42 Å². The average Bonchev–Trinajstić information content (AvgIpc) is 3.26. The zero-order valence-corrected chi connectivity index (χ0v) is 18.5. The zero-order chi connectivity index (χ0) is 21.8. The minimum atomic E-state index is -0.127. The fraction of sp³-hybridized carbons (Fsp3) is 0.500. The number of nitrogens with zero attached hydrogens (tertiary/aromatic N) is 1. The average molecular weight is 414 g/mol. The van der Waals surface area contributed by atoms with E-state index in [1.54, 1.807) is 12.3 Å². The summed E-state index contributed by atoms with van der Waals surface area (Å²) < 4.78 is 5.55. The molecule has 6 nitrogen and oxygen atoms in total. The van der Waals surface area contributed by atoms with Gasteiger partial charge < -0.3 is 20.0 Å². The molecule has 0 saturated carbocycles. The van der Waals surface area contributed by atoms with Gasteiger partial charge in [0.25, 0.3) is 5.91 Å². The highest BCUT2D eigenvalue weighted by Gasteiger charge is 2.19. The molecule has 2 amide bonds. The van der Waals surface area contributed by atoms with Gasteiger partial charge in [0.05, 0.1) is 24.1 Å². The van der Waals surface area contributed by atoms with E-state index in [-0.39, 0.29) is 11.8 Å². The van der Waals surface area contributed by atoms with Gasteiger partial charge >= 0.3 is 0 Å². The Labute approximate surface area is 180 Å². The summed E-state index contributed by atoms with van der Waals surface area (Å²) in [5.74, 6) is 0.698. The summed E-state index contributed by atoms with van der Waals surface area (Å²) in [4.78, 5) is 27.3. The van der Waals surface area contributed by atoms with E-state index < -0.39 is 0 Å². The van der Waals surface area contributed by atoms with Crippen molar-refractivity contribution < 1.29 is 14.0 Å². The third kappa shape index (κ3) is 7.25. The van der Waals surface area contributed by atoms with Crippen molar-refractivity contribution in [2.45, 2.75) is 65.8 Å². The minimum absolute atomic E-state index is 0.0251. The highest BCUT2D eigenvalue weighted by Crippen LogP contribution is 2.27. The Morgan fingerprint density at radius 3 is 2.50 bits per heavy atom. The van der Waals surface area contributed by atoms with Gasteiger partial charge in [-0.05, 0) is 49.6 Å². The molecule has 0 aliphatic carbocycles. The van der Waals surface area contributed by atoms with E-state index in [1.807, 2.05) is 31.2 Å². The van der Waals surface area contributed by atoms with Gasteiger partial charge in [-0.3, -0.25) is 9.59 Å². The molecule has 30 heavy (non-hydrogen) atoms. The number of hydrogen-bond donors (Lipinski definition) is 2. The second-order valence-electron chi connectivity index (χ2n) is 7.49. The quantitative estimate of drug-likeness (QED) is 0.464. The van der Waals surface area contributed by atoms with Crippen molar-refractivity contribution in [2.24, 2.45) is 0 Å². The van der Waals surface area contributed by atoms with Crippen LogP contribution in [0.1, 0.15) is 75.4 Å². The lowest BCUT2D eigenvalue weighted by atomic mass is 10.1. The molecular weight excluding hydrogens is 378 g/mol. The monoisotopic (exact) mass is 413 g/mol. The van der Waals surface area contributed by atoms with E-state index in [9.17, 15) is 9.59 Å². The molecule has 1 heterocycles. The van der Waals surface area contributed by atoms with Crippen LogP contribution in [0, 0.1) is 0 Å². The van der Waals surface area contributed by atoms with E-state index in [0.717, 1.165) is 50.1 Å². The molecule has 1 aromatic heterocycles. The predicted octanol–water partition coefficient (Wildman–Crippen LogP) is 5.35. The van der Waals surface area contributed by atoms with E-state index in [0.29, 0.717) is 30.8 Å². The standard InChI is InChI=1S/C24H35N3O3/c1-4-7-11-23(28)26-19-12-13-22(21(17-19)24(29)25-14-6-3)27(15-8-5-2)18-20-10-9-16-30-20/h9-10,12-13,16-17H,4-8,11,14-15,18H2,1-3H3,(H,25,29)(H,26,28). The fourth-order valence-electron chi connectivity index (χ4n) is 3.19. The Morgan fingerprint density at radius 2 is 1.83 bits per heavy atom. The molecule has 1 aromatic carbocycles. The minimum Gasteiger partial charge on any atom is -0.467 e. The lowest BCUT2D eigenvalue weighted by Gasteiger charge is -2.26. The maximum absolute atomic E-state index is 12.9. The highest BCUT2D eigenvalue weighted by atomic mass is 16.3. The zero-order valence-electron chi connectivity index (χ0n) is 18.5. The van der Waals surface area contributed by atoms with Crippen LogP contribution in [0.3, 0.4) is 0 Å². The third-order valence-electron chi connectivity index (χ3n) is 4.87. The van der Waals surface area contributed by atoms with Crippen LogP contribution < -0.4 is 15.5 Å². The van der Waals surface area contributed by atoms with Gasteiger partial charge in [0.1, 0.15) is 5.76 Å². The molecule has 0 saturated heterocycles. The third-order valence-corrected chi connectivity index (χ3v) is 4.87. The lowest BCUT2D eigenvalue weighted by Crippen LogP contribution is -2.30. The van der Waals surface area contributed by atoms with E-state index >= 15 is 0 Å². The number of rotatable bonds is 13. The predicted molar refractivity (Wildman–Crippen MR) is 122 cm³/mol. The molecule has 2 N–H and O–H groups in total. The van der Waals surface area contributed by atoms with Crippen molar-refractivity contribution in [1.82, 2.24) is 5.32 Å². The van der Waals surface area contributed by atoms with Crippen LogP contribution in [-0.4, -0.2) is 24.9 Å². The van der Waals surface area contributed by atoms with Crippen molar-refractivity contribution in [3.05, 3.63) is 47.9 Å². The number of anilines is 2. The number of nitrogens with one attached hydrogen (secondary N) is 2. The van der Waals surface area contributed by atoms with E-state index in [2.05, 4.69) is 29.4 Å². The van der Waals surface area contributed by atoms with Crippen LogP contribution in [-0.2, 0) is 11.3 Å². The summed E-state index contributed by atoms with van der Waals surface area (Å²) >= 11 is 0. The molecular formula is C24H35N3O3. The van der Waals surface area contributed by atoms with Crippen LogP contribution in [0.25, 0.3) is 0 Å². The van der Waals surface area contributed by atoms with Crippen molar-refractivity contribution in [3.8, 4) is 0 Å². The van der Waals surface area contributed by atoms with Crippen LogP contribution >= 0.6 is 0 Å². The molecule has 2 rings (SSSR count). The number of furan rings is 1. The molecule has 164 valence electrons. The van der Waals surface area contributed by atoms with E-state index in [1.165, 1.54) is 0 Å². The first-order chi connectivity index (χ1) is 14.6. The smallest absolute Gasteiger partial charge is 0.253 e. The second-order valence-corrected chi connectivity index (χ2v) is 7.49. The molecule has 0 radical (unpaired) electrons. The van der Waals surface area contributed by atoms with Gasteiger partial charge in [0.2, 0.25) is 5.91 Å². The molecule has 0 atom stereocenters. The largest absolute Gasteiger partial charge is 0.467 e. The van der Waals surface area contributed by atoms with Gasteiger partial charge in [-0.15, -0.1) is 0 Å². The Kier molecular flexibility index (Phi) is 9.98. The molecule has 2 aromatic rings. The Balaban J connectivity index is 2.33. The number of hydrogen-bond acceptors (Lipinski definition) is 4. The van der Waals surface area contributed by atoms with Crippen molar-refractivity contribution in [2.75, 3.05) is 23.3 Å². The van der Waals surface area contributed by atoms with Gasteiger partial charge in [-0.1, -0.05) is 33.6 Å². The normalized spacial score (nSPS) is 10.6. The van der Waals surface area contributed by atoms with Crippen molar-refractivity contribution >= 4 is 23.2 Å².